The Balaban J connectivity index is 2.88. The summed E-state index contributed by atoms with van der Waals surface area (Å²) in [5, 5.41) is 11.6. The van der Waals surface area contributed by atoms with Gasteiger partial charge in [0.2, 0.25) is 5.91 Å². The minimum absolute atomic E-state index is 0.252. The van der Waals surface area contributed by atoms with E-state index in [9.17, 15) is 19.5 Å². The van der Waals surface area contributed by atoms with E-state index in [0.717, 1.165) is 4.90 Å². The highest BCUT2D eigenvalue weighted by atomic mass is 16.4. The Hall–Kier alpha value is -2.37. The molecule has 1 atom stereocenters. The molecule has 6 nitrogen and oxygen atoms in total. The smallest absolute Gasteiger partial charge is 0.330 e. The molecule has 6 heteroatoms. The molecule has 0 heterocycles. The molecule has 0 aliphatic heterocycles. The molecule has 0 aliphatic rings. The number of nitrogens with one attached hydrogen (secondary N) is 1. The first-order valence-corrected chi connectivity index (χ1v) is 6.33. The first kappa shape index (κ1) is 15.7. The van der Waals surface area contributed by atoms with Gasteiger partial charge in [-0.05, 0) is 12.0 Å². The second-order valence-corrected chi connectivity index (χ2v) is 4.30. The van der Waals surface area contributed by atoms with E-state index in [2.05, 4.69) is 5.32 Å². The fourth-order valence-electron chi connectivity index (χ4n) is 1.76. The molecular formula is C14H18N2O4. The summed E-state index contributed by atoms with van der Waals surface area (Å²) in [4.78, 5) is 35.6. The number of hydrogen-bond donors (Lipinski definition) is 2. The SMILES string of the molecule is CCCN(C(C)=O)C(=O)NC(C(=O)O)c1ccccc1. The van der Waals surface area contributed by atoms with Crippen molar-refractivity contribution in [2.75, 3.05) is 6.54 Å². The van der Waals surface area contributed by atoms with Crippen LogP contribution < -0.4 is 5.32 Å². The van der Waals surface area contributed by atoms with Crippen LogP contribution in [0.25, 0.3) is 0 Å². The first-order chi connectivity index (χ1) is 9.47. The second kappa shape index (κ2) is 7.28. The average molecular weight is 278 g/mol. The Bertz CT molecular complexity index is 487. The zero-order chi connectivity index (χ0) is 15.1. The van der Waals surface area contributed by atoms with Crippen LogP contribution in [0.15, 0.2) is 30.3 Å². The van der Waals surface area contributed by atoms with Crippen LogP contribution in [0, 0.1) is 0 Å². The summed E-state index contributed by atoms with van der Waals surface area (Å²) in [6.45, 7) is 3.35. The molecule has 0 saturated heterocycles. The van der Waals surface area contributed by atoms with Crippen molar-refractivity contribution < 1.29 is 19.5 Å². The number of urea groups is 1. The Morgan fingerprint density at radius 2 is 1.85 bits per heavy atom. The van der Waals surface area contributed by atoms with Gasteiger partial charge in [0.15, 0.2) is 6.04 Å². The lowest BCUT2D eigenvalue weighted by Gasteiger charge is -2.22. The minimum Gasteiger partial charge on any atom is -0.479 e. The molecule has 1 unspecified atom stereocenters. The summed E-state index contributed by atoms with van der Waals surface area (Å²) in [6, 6.07) is 6.47. The van der Waals surface area contributed by atoms with Gasteiger partial charge in [0.05, 0.1) is 0 Å². The Labute approximate surface area is 117 Å². The first-order valence-electron chi connectivity index (χ1n) is 6.33. The van der Waals surface area contributed by atoms with Gasteiger partial charge in [-0.1, -0.05) is 37.3 Å². The molecular weight excluding hydrogens is 260 g/mol. The average Bonchev–Trinajstić information content (AvgIpc) is 2.42. The van der Waals surface area contributed by atoms with Gasteiger partial charge in [0.1, 0.15) is 0 Å². The van der Waals surface area contributed by atoms with E-state index < -0.39 is 23.9 Å². The van der Waals surface area contributed by atoms with Gasteiger partial charge in [0.25, 0.3) is 0 Å². The Kier molecular flexibility index (Phi) is 5.71. The molecule has 0 aromatic heterocycles. The van der Waals surface area contributed by atoms with Crippen LogP contribution in [-0.4, -0.2) is 34.5 Å². The fourth-order valence-corrected chi connectivity index (χ4v) is 1.76. The summed E-state index contributed by atoms with van der Waals surface area (Å²) in [6.07, 6.45) is 0.607. The maximum atomic E-state index is 12.0. The lowest BCUT2D eigenvalue weighted by Crippen LogP contribution is -2.46. The summed E-state index contributed by atoms with van der Waals surface area (Å²) < 4.78 is 0. The topological polar surface area (TPSA) is 86.7 Å². The van der Waals surface area contributed by atoms with Crippen molar-refractivity contribution in [1.82, 2.24) is 10.2 Å². The molecule has 0 radical (unpaired) electrons. The van der Waals surface area contributed by atoms with E-state index in [0.29, 0.717) is 12.0 Å². The zero-order valence-corrected chi connectivity index (χ0v) is 11.5. The lowest BCUT2D eigenvalue weighted by atomic mass is 10.1. The number of carbonyl (C=O) groups excluding carboxylic acids is 2. The van der Waals surface area contributed by atoms with Gasteiger partial charge in [-0.3, -0.25) is 9.69 Å². The molecule has 108 valence electrons. The number of amides is 3. The van der Waals surface area contributed by atoms with Crippen molar-refractivity contribution in [2.45, 2.75) is 26.3 Å². The molecule has 1 aromatic carbocycles. The molecule has 20 heavy (non-hydrogen) atoms. The normalized spacial score (nSPS) is 11.5. The number of carboxylic acid groups (broad SMARTS) is 1. The van der Waals surface area contributed by atoms with E-state index in [1.54, 1.807) is 30.3 Å². The number of rotatable bonds is 5. The van der Waals surface area contributed by atoms with Crippen LogP contribution in [0.4, 0.5) is 4.79 Å². The van der Waals surface area contributed by atoms with Crippen molar-refractivity contribution in [2.24, 2.45) is 0 Å². The maximum Gasteiger partial charge on any atom is 0.330 e. The number of benzene rings is 1. The standard InChI is InChI=1S/C14H18N2O4/c1-3-9-16(10(2)17)14(20)15-12(13(18)19)11-7-5-4-6-8-11/h4-8,12H,3,9H2,1-2H3,(H,15,20)(H,18,19). The third-order valence-electron chi connectivity index (χ3n) is 2.72. The van der Waals surface area contributed by atoms with Gasteiger partial charge in [-0.15, -0.1) is 0 Å². The molecule has 3 amide bonds. The van der Waals surface area contributed by atoms with E-state index >= 15 is 0 Å². The Morgan fingerprint density at radius 3 is 2.30 bits per heavy atom. The third-order valence-corrected chi connectivity index (χ3v) is 2.72. The summed E-state index contributed by atoms with van der Waals surface area (Å²) >= 11 is 0. The van der Waals surface area contributed by atoms with Crippen LogP contribution in [-0.2, 0) is 9.59 Å². The lowest BCUT2D eigenvalue weighted by molar-refractivity contribution is -0.139. The van der Waals surface area contributed by atoms with Gasteiger partial charge >= 0.3 is 12.0 Å². The highest BCUT2D eigenvalue weighted by Gasteiger charge is 2.25. The highest BCUT2D eigenvalue weighted by molar-refractivity contribution is 5.95. The monoisotopic (exact) mass is 278 g/mol. The predicted molar refractivity (Wildman–Crippen MR) is 73.0 cm³/mol. The molecule has 0 spiro atoms. The van der Waals surface area contributed by atoms with Crippen LogP contribution >= 0.6 is 0 Å². The summed E-state index contributed by atoms with van der Waals surface area (Å²) in [5.41, 5.74) is 0.452. The highest BCUT2D eigenvalue weighted by Crippen LogP contribution is 2.13. The summed E-state index contributed by atoms with van der Waals surface area (Å²) in [7, 11) is 0. The van der Waals surface area contributed by atoms with Gasteiger partial charge in [-0.25, -0.2) is 9.59 Å². The van der Waals surface area contributed by atoms with E-state index in [1.165, 1.54) is 6.92 Å². The van der Waals surface area contributed by atoms with Crippen LogP contribution in [0.3, 0.4) is 0 Å². The fraction of sp³-hybridized carbons (Fsp3) is 0.357. The molecule has 2 N–H and O–H groups in total. The van der Waals surface area contributed by atoms with Crippen molar-refractivity contribution in [3.05, 3.63) is 35.9 Å². The van der Waals surface area contributed by atoms with Crippen LogP contribution in [0.5, 0.6) is 0 Å². The number of aliphatic carboxylic acids is 1. The van der Waals surface area contributed by atoms with E-state index in [4.69, 9.17) is 0 Å². The van der Waals surface area contributed by atoms with Crippen LogP contribution in [0.1, 0.15) is 31.9 Å². The zero-order valence-electron chi connectivity index (χ0n) is 11.5. The van der Waals surface area contributed by atoms with Gasteiger partial charge < -0.3 is 10.4 Å². The summed E-state index contributed by atoms with van der Waals surface area (Å²) in [5.74, 6) is -1.59. The van der Waals surface area contributed by atoms with E-state index in [1.807, 2.05) is 6.92 Å². The van der Waals surface area contributed by atoms with E-state index in [-0.39, 0.29) is 6.54 Å². The second-order valence-electron chi connectivity index (χ2n) is 4.30. The van der Waals surface area contributed by atoms with Crippen molar-refractivity contribution >= 4 is 17.9 Å². The molecule has 0 aliphatic carbocycles. The predicted octanol–water partition coefficient (Wildman–Crippen LogP) is 1.78. The van der Waals surface area contributed by atoms with Crippen molar-refractivity contribution in [3.8, 4) is 0 Å². The molecule has 0 fully saturated rings. The number of imide groups is 1. The number of carboxylic acids is 1. The maximum absolute atomic E-state index is 12.0. The minimum atomic E-state index is -1.18. The third kappa shape index (κ3) is 4.08. The van der Waals surface area contributed by atoms with Crippen molar-refractivity contribution in [1.29, 1.82) is 0 Å². The van der Waals surface area contributed by atoms with Gasteiger partial charge in [0, 0.05) is 13.5 Å². The van der Waals surface area contributed by atoms with Gasteiger partial charge in [-0.2, -0.15) is 0 Å². The molecule has 0 saturated carbocycles. The molecule has 1 aromatic rings. The molecule has 0 bridgehead atoms. The number of hydrogen-bond acceptors (Lipinski definition) is 3. The van der Waals surface area contributed by atoms with Crippen LogP contribution in [0.2, 0.25) is 0 Å². The molecule has 1 rings (SSSR count). The quantitative estimate of drug-likeness (QED) is 0.859. The largest absolute Gasteiger partial charge is 0.479 e. The number of nitrogens with zero attached hydrogens (tertiary/aromatic N) is 1. The Morgan fingerprint density at radius 1 is 1.25 bits per heavy atom. The van der Waals surface area contributed by atoms with Crippen molar-refractivity contribution in [3.63, 3.8) is 0 Å². The number of carbonyl (C=O) groups is 3.